The monoisotopic (exact) mass is 1020 g/mol. The third-order valence-electron chi connectivity index (χ3n) is 14.6. The molecule has 2 aromatic carbocycles. The number of aryl methyl sites for hydroxylation is 3. The predicted octanol–water partition coefficient (Wildman–Crippen LogP) is 7.30. The molecule has 4 heterocycles. The number of aromatic amines is 1. The number of pyridine rings is 1. The van der Waals surface area contributed by atoms with Crippen molar-refractivity contribution in [3.05, 3.63) is 110 Å². The van der Waals surface area contributed by atoms with Crippen LogP contribution in [-0.2, 0) is 46.5 Å². The number of para-hydroxylation sites is 1. The first-order valence-corrected chi connectivity index (χ1v) is 26.5. The van der Waals surface area contributed by atoms with Gasteiger partial charge in [0.1, 0.15) is 13.2 Å². The number of aromatic nitrogens is 3. The van der Waals surface area contributed by atoms with E-state index in [0.717, 1.165) is 68.8 Å². The molecule has 0 radical (unpaired) electrons. The number of amides is 4. The van der Waals surface area contributed by atoms with Gasteiger partial charge in [-0.15, -0.1) is 11.3 Å². The topological polar surface area (TPSA) is 203 Å². The molecule has 0 bridgehead atoms. The van der Waals surface area contributed by atoms with Crippen LogP contribution in [0.25, 0.3) is 21.3 Å². The lowest BCUT2D eigenvalue weighted by Gasteiger charge is -2.36. The van der Waals surface area contributed by atoms with Crippen molar-refractivity contribution in [3.8, 4) is 10.4 Å². The summed E-state index contributed by atoms with van der Waals surface area (Å²) in [6.07, 6.45) is 3.57. The summed E-state index contributed by atoms with van der Waals surface area (Å²) in [5.74, 6) is -1.69. The van der Waals surface area contributed by atoms with Crippen LogP contribution < -0.4 is 21.5 Å². The zero-order valence-electron chi connectivity index (χ0n) is 43.7. The summed E-state index contributed by atoms with van der Waals surface area (Å²) in [6.45, 7) is 17.7. The fourth-order valence-electron chi connectivity index (χ4n) is 10.6. The van der Waals surface area contributed by atoms with E-state index in [1.807, 2.05) is 113 Å². The normalized spacial score (nSPS) is 17.1. The molecule has 5 aromatic rings. The Morgan fingerprint density at radius 2 is 1.51 bits per heavy atom. The van der Waals surface area contributed by atoms with Crippen LogP contribution in [0.2, 0.25) is 0 Å². The molecule has 4 N–H and O–H groups in total. The highest BCUT2D eigenvalue weighted by molar-refractivity contribution is 7.13. The molecule has 73 heavy (non-hydrogen) atoms. The number of ketones is 1. The molecule has 16 nitrogen and oxygen atoms in total. The van der Waals surface area contributed by atoms with Crippen LogP contribution in [0.15, 0.2) is 64.9 Å². The molecular formula is C56H73N7O9S. The maximum atomic E-state index is 14.0. The van der Waals surface area contributed by atoms with E-state index in [1.165, 1.54) is 0 Å². The molecule has 3 aromatic heterocycles. The number of nitrogens with zero attached hydrogens (tertiary/aromatic N) is 3. The van der Waals surface area contributed by atoms with Crippen LogP contribution in [0.1, 0.15) is 110 Å². The molecule has 4 amide bonds. The second kappa shape index (κ2) is 24.8. The van der Waals surface area contributed by atoms with E-state index in [4.69, 9.17) is 14.2 Å². The van der Waals surface area contributed by atoms with Gasteiger partial charge in [0, 0.05) is 71.9 Å². The second-order valence-corrected chi connectivity index (χ2v) is 21.6. The van der Waals surface area contributed by atoms with Gasteiger partial charge in [-0.25, -0.2) is 4.98 Å². The van der Waals surface area contributed by atoms with Gasteiger partial charge in [0.25, 0.3) is 11.5 Å². The number of carbonyl (C=O) groups excluding carboxylic acids is 5. The summed E-state index contributed by atoms with van der Waals surface area (Å²) in [5, 5.41) is 9.80. The summed E-state index contributed by atoms with van der Waals surface area (Å²) in [7, 11) is 0. The number of piperidine rings is 1. The average molecular weight is 1020 g/mol. The first-order chi connectivity index (χ1) is 34.9. The van der Waals surface area contributed by atoms with E-state index >= 15 is 0 Å². The number of hydrogen-bond donors (Lipinski definition) is 4. The van der Waals surface area contributed by atoms with Gasteiger partial charge >= 0.3 is 0 Å². The number of likely N-dealkylation sites (tertiary alicyclic amines) is 1. The second-order valence-electron chi connectivity index (χ2n) is 20.7. The van der Waals surface area contributed by atoms with Crippen molar-refractivity contribution < 1.29 is 38.2 Å². The van der Waals surface area contributed by atoms with E-state index in [9.17, 15) is 28.8 Å². The first-order valence-electron chi connectivity index (χ1n) is 25.6. The van der Waals surface area contributed by atoms with Gasteiger partial charge in [-0.1, -0.05) is 69.7 Å². The molecule has 1 saturated heterocycles. The van der Waals surface area contributed by atoms with Gasteiger partial charge in [-0.2, -0.15) is 0 Å². The number of Topliss-reactive ketones (excluding diaryl/α,β-unsaturated/α-hetero) is 1. The number of ether oxygens (including phenoxy) is 3. The van der Waals surface area contributed by atoms with E-state index in [1.54, 1.807) is 11.3 Å². The number of fused-ring (bicyclic) bond motifs is 1. The van der Waals surface area contributed by atoms with E-state index in [0.29, 0.717) is 43.6 Å². The van der Waals surface area contributed by atoms with Crippen molar-refractivity contribution in [2.75, 3.05) is 52.7 Å². The Morgan fingerprint density at radius 3 is 2.18 bits per heavy atom. The van der Waals surface area contributed by atoms with Gasteiger partial charge in [-0.3, -0.25) is 28.8 Å². The van der Waals surface area contributed by atoms with Gasteiger partial charge in [-0.05, 0) is 100 Å². The molecule has 2 fully saturated rings. The van der Waals surface area contributed by atoms with Crippen molar-refractivity contribution in [3.63, 3.8) is 0 Å². The van der Waals surface area contributed by atoms with Crippen molar-refractivity contribution in [2.45, 2.75) is 113 Å². The molecule has 1 aliphatic heterocycles. The quantitative estimate of drug-likeness (QED) is 0.0510. The minimum atomic E-state index is -0.795. The van der Waals surface area contributed by atoms with Crippen LogP contribution in [0, 0.1) is 50.9 Å². The largest absolute Gasteiger partial charge is 0.377 e. The average Bonchev–Trinajstić information content (AvgIpc) is 4.10. The Labute approximate surface area is 432 Å². The summed E-state index contributed by atoms with van der Waals surface area (Å²) in [6, 6.07) is 17.1. The summed E-state index contributed by atoms with van der Waals surface area (Å²) in [4.78, 5) is 90.2. The lowest BCUT2D eigenvalue weighted by Crippen LogP contribution is -2.53. The summed E-state index contributed by atoms with van der Waals surface area (Å²) >= 11 is 1.59. The third-order valence-corrected chi connectivity index (χ3v) is 15.6. The molecule has 1 saturated carbocycles. The number of rotatable bonds is 22. The lowest BCUT2D eigenvalue weighted by molar-refractivity contribution is -0.138. The van der Waals surface area contributed by atoms with Gasteiger partial charge in [0.05, 0.1) is 54.1 Å². The van der Waals surface area contributed by atoms with Crippen molar-refractivity contribution >= 4 is 51.7 Å². The standard InChI is InChI=1S/C56H73N7O9S/c1-34-28-35(2)60-54(68)45(34)30-58-55(69)49-38(5)63(46-15-10-9-12-44(46)49)37(4)40-20-22-62(23-21-40)48(65)32-72-27-25-70-24-26-71-31-47(64)61-52(56(6,7)8)50(66)42-13-11-14-43(42)53(67)57-29-39-16-18-41(19-17-39)51-36(3)59-33-73-51/h9-10,12,15-19,28,33,37,40,42-43,52H,11,13-14,20-27,29-32H2,1-8H3,(H,57,67)(H,58,69)(H,60,68)(H,61,64)/t37?,42?,43-,52-/m1/s1. The van der Waals surface area contributed by atoms with Crippen LogP contribution in [0.3, 0.4) is 0 Å². The van der Waals surface area contributed by atoms with Crippen LogP contribution >= 0.6 is 11.3 Å². The molecule has 17 heteroatoms. The van der Waals surface area contributed by atoms with E-state index in [-0.39, 0.29) is 87.2 Å². The van der Waals surface area contributed by atoms with Crippen LogP contribution in [0.4, 0.5) is 0 Å². The fourth-order valence-corrected chi connectivity index (χ4v) is 11.4. The molecule has 392 valence electrons. The maximum Gasteiger partial charge on any atom is 0.254 e. The van der Waals surface area contributed by atoms with Crippen LogP contribution in [0.5, 0.6) is 0 Å². The van der Waals surface area contributed by atoms with Gasteiger partial charge in [0.2, 0.25) is 17.7 Å². The molecular weight excluding hydrogens is 947 g/mol. The zero-order valence-corrected chi connectivity index (χ0v) is 44.5. The maximum absolute atomic E-state index is 14.0. The Hall–Kier alpha value is -6.01. The van der Waals surface area contributed by atoms with Crippen molar-refractivity contribution in [1.29, 1.82) is 0 Å². The molecule has 2 unspecified atom stereocenters. The van der Waals surface area contributed by atoms with E-state index in [2.05, 4.69) is 37.4 Å². The molecule has 4 atom stereocenters. The Balaban J connectivity index is 0.776. The SMILES string of the molecule is Cc1cc(C)c(CNC(=O)c2c(C)n(C(C)C3CCN(C(=O)COCCOCCOCC(=O)N[C@H](C(=O)C4CCC[C@H]4C(=O)NCc4ccc(-c5scnc5C)cc4)C(C)(C)C)CC3)c3ccccc23)c(=O)[nH]1. The highest BCUT2D eigenvalue weighted by atomic mass is 32.1. The molecule has 7 rings (SSSR count). The highest BCUT2D eigenvalue weighted by Gasteiger charge is 2.44. The highest BCUT2D eigenvalue weighted by Crippen LogP contribution is 2.38. The molecule has 0 spiro atoms. The number of carbonyl (C=O) groups is 5. The Bertz CT molecular complexity index is 2800. The third kappa shape index (κ3) is 13.6. The Morgan fingerprint density at radius 1 is 0.836 bits per heavy atom. The number of nitrogens with one attached hydrogen (secondary N) is 4. The number of H-pyrrole nitrogens is 1. The number of thiazole rings is 1. The van der Waals surface area contributed by atoms with Gasteiger partial charge in [0.15, 0.2) is 5.78 Å². The minimum absolute atomic E-state index is 0.0584. The fraction of sp³-hybridized carbons (Fsp3) is 0.518. The number of hydrogen-bond acceptors (Lipinski definition) is 11. The first kappa shape index (κ1) is 54.8. The van der Waals surface area contributed by atoms with Crippen molar-refractivity contribution in [2.24, 2.45) is 23.2 Å². The smallest absolute Gasteiger partial charge is 0.254 e. The summed E-state index contributed by atoms with van der Waals surface area (Å²) < 4.78 is 19.1. The minimum Gasteiger partial charge on any atom is -0.377 e. The molecule has 1 aliphatic carbocycles. The number of benzene rings is 2. The summed E-state index contributed by atoms with van der Waals surface area (Å²) in [5.41, 5.74) is 8.65. The van der Waals surface area contributed by atoms with Crippen molar-refractivity contribution in [1.82, 2.24) is 35.4 Å². The lowest BCUT2D eigenvalue weighted by atomic mass is 9.77. The predicted molar refractivity (Wildman–Crippen MR) is 282 cm³/mol. The Kier molecular flexibility index (Phi) is 18.6. The van der Waals surface area contributed by atoms with Crippen LogP contribution in [-0.4, -0.2) is 108 Å². The molecule has 2 aliphatic rings. The van der Waals surface area contributed by atoms with Gasteiger partial charge < -0.3 is 44.6 Å². The van der Waals surface area contributed by atoms with E-state index < -0.39 is 29.2 Å². The zero-order chi connectivity index (χ0) is 52.4.